The van der Waals surface area contributed by atoms with Gasteiger partial charge in [-0.1, -0.05) is 11.6 Å². The Bertz CT molecular complexity index is 697. The Morgan fingerprint density at radius 1 is 1.43 bits per heavy atom. The first-order chi connectivity index (χ1) is 10.0. The summed E-state index contributed by atoms with van der Waals surface area (Å²) in [5.41, 5.74) is 1.24. The standard InChI is InChI=1S/C14H16ClN5O/c1-8-6-20-7-10(3-4-12(20)17-8)19-14(21)13-11(15)5-16-9(2)18-13/h5-6,10H,3-4,7H2,1-2H3,(H,19,21)/t10-/m1/s1. The van der Waals surface area contributed by atoms with Crippen LogP contribution in [0.25, 0.3) is 0 Å². The van der Waals surface area contributed by atoms with Crippen molar-refractivity contribution in [1.82, 2.24) is 24.8 Å². The van der Waals surface area contributed by atoms with Gasteiger partial charge < -0.3 is 9.88 Å². The number of hydrogen-bond acceptors (Lipinski definition) is 4. The first-order valence-corrected chi connectivity index (χ1v) is 7.23. The summed E-state index contributed by atoms with van der Waals surface area (Å²) in [7, 11) is 0. The van der Waals surface area contributed by atoms with Crippen LogP contribution in [-0.2, 0) is 13.0 Å². The third kappa shape index (κ3) is 2.90. The normalized spacial score (nSPS) is 17.4. The van der Waals surface area contributed by atoms with E-state index in [0.29, 0.717) is 5.82 Å². The number of amides is 1. The van der Waals surface area contributed by atoms with Crippen LogP contribution in [-0.4, -0.2) is 31.5 Å². The number of carbonyl (C=O) groups is 1. The number of aromatic nitrogens is 4. The SMILES string of the molecule is Cc1cn2c(n1)CC[C@@H](NC(=O)c1nc(C)ncc1Cl)C2. The molecule has 6 nitrogen and oxygen atoms in total. The van der Waals surface area contributed by atoms with Gasteiger partial charge in [-0.15, -0.1) is 0 Å². The summed E-state index contributed by atoms with van der Waals surface area (Å²) in [6.07, 6.45) is 5.19. The minimum atomic E-state index is -0.254. The molecule has 2 aromatic rings. The smallest absolute Gasteiger partial charge is 0.271 e. The summed E-state index contributed by atoms with van der Waals surface area (Å²) in [4.78, 5) is 24.8. The van der Waals surface area contributed by atoms with Crippen molar-refractivity contribution < 1.29 is 4.79 Å². The number of nitrogens with one attached hydrogen (secondary N) is 1. The van der Waals surface area contributed by atoms with Gasteiger partial charge in [0.2, 0.25) is 0 Å². The van der Waals surface area contributed by atoms with Crippen LogP contribution in [0.15, 0.2) is 12.4 Å². The Morgan fingerprint density at radius 3 is 3.05 bits per heavy atom. The van der Waals surface area contributed by atoms with E-state index in [1.54, 1.807) is 6.92 Å². The number of imidazole rings is 1. The van der Waals surface area contributed by atoms with E-state index in [-0.39, 0.29) is 22.7 Å². The molecule has 0 unspecified atom stereocenters. The fraction of sp³-hybridized carbons (Fsp3) is 0.429. The fourth-order valence-corrected chi connectivity index (χ4v) is 2.75. The summed E-state index contributed by atoms with van der Waals surface area (Å²) in [6.45, 7) is 4.43. The molecule has 110 valence electrons. The summed E-state index contributed by atoms with van der Waals surface area (Å²) < 4.78 is 2.09. The van der Waals surface area contributed by atoms with Crippen molar-refractivity contribution in [1.29, 1.82) is 0 Å². The average Bonchev–Trinajstić information content (AvgIpc) is 2.80. The highest BCUT2D eigenvalue weighted by molar-refractivity contribution is 6.33. The molecule has 0 bridgehead atoms. The number of carbonyl (C=O) groups excluding carboxylic acids is 1. The second-order valence-corrected chi connectivity index (χ2v) is 5.68. The zero-order valence-electron chi connectivity index (χ0n) is 11.9. The number of nitrogens with zero attached hydrogens (tertiary/aromatic N) is 4. The molecule has 0 spiro atoms. The van der Waals surface area contributed by atoms with Gasteiger partial charge in [-0.2, -0.15) is 0 Å². The van der Waals surface area contributed by atoms with E-state index < -0.39 is 0 Å². The lowest BCUT2D eigenvalue weighted by molar-refractivity contribution is 0.0922. The molecule has 0 saturated heterocycles. The number of fused-ring (bicyclic) bond motifs is 1. The van der Waals surface area contributed by atoms with Gasteiger partial charge in [-0.05, 0) is 20.3 Å². The molecule has 21 heavy (non-hydrogen) atoms. The first kappa shape index (κ1) is 14.0. The Labute approximate surface area is 127 Å². The van der Waals surface area contributed by atoms with Crippen LogP contribution >= 0.6 is 11.6 Å². The van der Waals surface area contributed by atoms with E-state index >= 15 is 0 Å². The Balaban J connectivity index is 1.73. The lowest BCUT2D eigenvalue weighted by Gasteiger charge is -2.24. The minimum Gasteiger partial charge on any atom is -0.346 e. The van der Waals surface area contributed by atoms with Crippen LogP contribution in [0.3, 0.4) is 0 Å². The molecule has 1 N–H and O–H groups in total. The Kier molecular flexibility index (Phi) is 3.63. The van der Waals surface area contributed by atoms with Crippen molar-refractivity contribution in [2.24, 2.45) is 0 Å². The average molecular weight is 306 g/mol. The van der Waals surface area contributed by atoms with Crippen molar-refractivity contribution >= 4 is 17.5 Å². The number of aryl methyl sites for hydroxylation is 3. The van der Waals surface area contributed by atoms with Crippen LogP contribution in [0.5, 0.6) is 0 Å². The molecule has 0 radical (unpaired) electrons. The van der Waals surface area contributed by atoms with Crippen LogP contribution in [0.2, 0.25) is 5.02 Å². The third-order valence-corrected chi connectivity index (χ3v) is 3.80. The fourth-order valence-electron chi connectivity index (χ4n) is 2.57. The maximum Gasteiger partial charge on any atom is 0.271 e. The largest absolute Gasteiger partial charge is 0.346 e. The topological polar surface area (TPSA) is 72.7 Å². The van der Waals surface area contributed by atoms with E-state index in [1.807, 2.05) is 13.1 Å². The van der Waals surface area contributed by atoms with E-state index in [2.05, 4.69) is 24.8 Å². The molecule has 0 aliphatic carbocycles. The molecule has 3 rings (SSSR count). The Hall–Kier alpha value is -1.95. The molecule has 0 fully saturated rings. The molecule has 0 saturated carbocycles. The van der Waals surface area contributed by atoms with Crippen LogP contribution in [0.1, 0.15) is 34.3 Å². The predicted octanol–water partition coefficient (Wildman–Crippen LogP) is 1.69. The molecule has 7 heteroatoms. The van der Waals surface area contributed by atoms with E-state index in [4.69, 9.17) is 11.6 Å². The van der Waals surface area contributed by atoms with Gasteiger partial charge >= 0.3 is 0 Å². The summed E-state index contributed by atoms with van der Waals surface area (Å²) in [5, 5.41) is 3.26. The molecule has 1 atom stereocenters. The monoisotopic (exact) mass is 305 g/mol. The molecule has 1 aliphatic heterocycles. The first-order valence-electron chi connectivity index (χ1n) is 6.85. The summed E-state index contributed by atoms with van der Waals surface area (Å²) in [5.74, 6) is 1.35. The van der Waals surface area contributed by atoms with Gasteiger partial charge in [-0.25, -0.2) is 15.0 Å². The van der Waals surface area contributed by atoms with Crippen LogP contribution < -0.4 is 5.32 Å². The molecular weight excluding hydrogens is 290 g/mol. The van der Waals surface area contributed by atoms with Crippen molar-refractivity contribution in [2.45, 2.75) is 39.3 Å². The number of halogens is 1. The van der Waals surface area contributed by atoms with Gasteiger partial charge in [0.15, 0.2) is 0 Å². The van der Waals surface area contributed by atoms with Crippen LogP contribution in [0, 0.1) is 13.8 Å². The van der Waals surface area contributed by atoms with Crippen LogP contribution in [0.4, 0.5) is 0 Å². The zero-order valence-corrected chi connectivity index (χ0v) is 12.7. The van der Waals surface area contributed by atoms with Crippen molar-refractivity contribution in [3.63, 3.8) is 0 Å². The third-order valence-electron chi connectivity index (χ3n) is 3.53. The van der Waals surface area contributed by atoms with Crippen molar-refractivity contribution in [2.75, 3.05) is 0 Å². The Morgan fingerprint density at radius 2 is 2.24 bits per heavy atom. The quantitative estimate of drug-likeness (QED) is 0.916. The van der Waals surface area contributed by atoms with E-state index in [0.717, 1.165) is 30.9 Å². The molecule has 2 aromatic heterocycles. The number of rotatable bonds is 2. The van der Waals surface area contributed by atoms with Gasteiger partial charge in [0, 0.05) is 25.2 Å². The van der Waals surface area contributed by atoms with Gasteiger partial charge in [-0.3, -0.25) is 4.79 Å². The minimum absolute atomic E-state index is 0.0601. The number of hydrogen-bond donors (Lipinski definition) is 1. The lowest BCUT2D eigenvalue weighted by Crippen LogP contribution is -2.41. The lowest BCUT2D eigenvalue weighted by atomic mass is 10.1. The second-order valence-electron chi connectivity index (χ2n) is 5.27. The molecular formula is C14H16ClN5O. The predicted molar refractivity (Wildman–Crippen MR) is 78.3 cm³/mol. The second kappa shape index (κ2) is 5.44. The van der Waals surface area contributed by atoms with Crippen molar-refractivity contribution in [3.05, 3.63) is 40.5 Å². The summed E-state index contributed by atoms with van der Waals surface area (Å²) in [6, 6.07) is 0.0601. The summed E-state index contributed by atoms with van der Waals surface area (Å²) >= 11 is 5.99. The van der Waals surface area contributed by atoms with E-state index in [1.165, 1.54) is 6.20 Å². The molecule has 1 amide bonds. The highest BCUT2D eigenvalue weighted by Gasteiger charge is 2.23. The maximum atomic E-state index is 12.3. The van der Waals surface area contributed by atoms with E-state index in [9.17, 15) is 4.79 Å². The highest BCUT2D eigenvalue weighted by atomic mass is 35.5. The molecule has 0 aromatic carbocycles. The molecule has 1 aliphatic rings. The van der Waals surface area contributed by atoms with Gasteiger partial charge in [0.05, 0.1) is 16.9 Å². The highest BCUT2D eigenvalue weighted by Crippen LogP contribution is 2.17. The van der Waals surface area contributed by atoms with Gasteiger partial charge in [0.25, 0.3) is 5.91 Å². The van der Waals surface area contributed by atoms with Gasteiger partial charge in [0.1, 0.15) is 17.3 Å². The zero-order chi connectivity index (χ0) is 15.0. The maximum absolute atomic E-state index is 12.3. The molecule has 3 heterocycles. The van der Waals surface area contributed by atoms with Crippen molar-refractivity contribution in [3.8, 4) is 0 Å².